The van der Waals surface area contributed by atoms with Crippen molar-refractivity contribution in [2.24, 2.45) is 0 Å². The van der Waals surface area contributed by atoms with Crippen molar-refractivity contribution in [3.63, 3.8) is 0 Å². The summed E-state index contributed by atoms with van der Waals surface area (Å²) in [7, 11) is 0. The third-order valence-electron chi connectivity index (χ3n) is 2.58. The maximum atomic E-state index is 10.8. The first-order valence-corrected chi connectivity index (χ1v) is 9.02. The Morgan fingerprint density at radius 2 is 0.963 bits per heavy atom. The van der Waals surface area contributed by atoms with E-state index >= 15 is 0 Å². The average molecular weight is 385 g/mol. The van der Waals surface area contributed by atoms with Gasteiger partial charge in [0.25, 0.3) is 0 Å². The summed E-state index contributed by atoms with van der Waals surface area (Å²) in [5.41, 5.74) is 1.38. The fourth-order valence-corrected chi connectivity index (χ4v) is 1.15. The minimum Gasteiger partial charge on any atom is -0.463 e. The fraction of sp³-hybridized carbons (Fsp3) is 0.571. The molecule has 0 amide bonds. The minimum atomic E-state index is -0.312. The molecule has 0 aliphatic heterocycles. The smallest absolute Gasteiger partial charge is 0.333 e. The first-order valence-electron chi connectivity index (χ1n) is 9.02. The molecule has 0 aromatic rings. The quantitative estimate of drug-likeness (QED) is 0.251. The van der Waals surface area contributed by atoms with Crippen LogP contribution in [0.5, 0.6) is 0 Å². The van der Waals surface area contributed by atoms with E-state index in [4.69, 9.17) is 4.74 Å². The molecule has 0 bridgehead atoms. The van der Waals surface area contributed by atoms with E-state index in [2.05, 4.69) is 36.1 Å². The van der Waals surface area contributed by atoms with Gasteiger partial charge in [-0.1, -0.05) is 39.5 Å². The molecule has 0 N–H and O–H groups in total. The van der Waals surface area contributed by atoms with Crippen molar-refractivity contribution in [1.29, 1.82) is 0 Å². The Kier molecular flexibility index (Phi) is 21.7. The van der Waals surface area contributed by atoms with Crippen LogP contribution < -0.4 is 0 Å². The van der Waals surface area contributed by atoms with E-state index in [-0.39, 0.29) is 17.9 Å². The summed E-state index contributed by atoms with van der Waals surface area (Å²) < 4.78 is 14.0. The Morgan fingerprint density at radius 1 is 0.630 bits per heavy atom. The summed E-state index contributed by atoms with van der Waals surface area (Å²) in [4.78, 5) is 31.6. The predicted molar refractivity (Wildman–Crippen MR) is 108 cm³/mol. The Morgan fingerprint density at radius 3 is 1.19 bits per heavy atom. The lowest BCUT2D eigenvalue weighted by Gasteiger charge is -2.02. The second-order valence-electron chi connectivity index (χ2n) is 5.62. The minimum absolute atomic E-state index is 0.277. The molecule has 0 spiro atoms. The maximum absolute atomic E-state index is 10.8. The number of rotatable bonds is 9. The Labute approximate surface area is 164 Å². The van der Waals surface area contributed by atoms with Crippen LogP contribution in [0.4, 0.5) is 0 Å². The highest BCUT2D eigenvalue weighted by molar-refractivity contribution is 5.87. The summed E-state index contributed by atoms with van der Waals surface area (Å²) >= 11 is 0. The Balaban J connectivity index is -0.000000327. The lowest BCUT2D eigenvalue weighted by atomic mass is 10.3. The van der Waals surface area contributed by atoms with Gasteiger partial charge in [-0.2, -0.15) is 0 Å². The first kappa shape index (κ1) is 29.4. The molecular weight excluding hydrogens is 348 g/mol. The molecule has 27 heavy (non-hydrogen) atoms. The van der Waals surface area contributed by atoms with Gasteiger partial charge in [-0.05, 0) is 41.0 Å². The SMILES string of the molecule is C=C(C)C(=O)OCC.C=C(C)C(=O)OCC.C=C(C)C(=O)OCCCCC. The van der Waals surface area contributed by atoms with Crippen molar-refractivity contribution in [3.05, 3.63) is 36.5 Å². The number of ether oxygens (including phenoxy) is 3. The lowest BCUT2D eigenvalue weighted by Crippen LogP contribution is -2.05. The van der Waals surface area contributed by atoms with Crippen molar-refractivity contribution >= 4 is 17.9 Å². The third kappa shape index (κ3) is 23.6. The zero-order valence-corrected chi connectivity index (χ0v) is 17.8. The zero-order chi connectivity index (χ0) is 21.8. The molecule has 0 unspecified atom stereocenters. The van der Waals surface area contributed by atoms with Crippen molar-refractivity contribution in [2.45, 2.75) is 60.8 Å². The van der Waals surface area contributed by atoms with Crippen LogP contribution in [0.15, 0.2) is 36.5 Å². The van der Waals surface area contributed by atoms with Crippen LogP contribution in [-0.2, 0) is 28.6 Å². The number of carbonyl (C=O) groups is 3. The second kappa shape index (κ2) is 19.9. The average Bonchev–Trinajstić information content (AvgIpc) is 2.59. The summed E-state index contributed by atoms with van der Waals surface area (Å²) in [5, 5.41) is 0. The molecule has 0 fully saturated rings. The van der Waals surface area contributed by atoms with Crippen LogP contribution in [0.1, 0.15) is 60.8 Å². The Bertz CT molecular complexity index is 463. The van der Waals surface area contributed by atoms with E-state index in [0.29, 0.717) is 36.5 Å². The van der Waals surface area contributed by atoms with Crippen LogP contribution in [0.2, 0.25) is 0 Å². The largest absolute Gasteiger partial charge is 0.463 e. The highest BCUT2D eigenvalue weighted by Crippen LogP contribution is 1.97. The van der Waals surface area contributed by atoms with Gasteiger partial charge in [0.2, 0.25) is 0 Å². The summed E-state index contributed by atoms with van der Waals surface area (Å²) in [6, 6.07) is 0. The molecule has 156 valence electrons. The normalized spacial score (nSPS) is 8.67. The molecule has 0 aromatic heterocycles. The van der Waals surface area contributed by atoms with E-state index in [1.807, 2.05) is 0 Å². The van der Waals surface area contributed by atoms with Gasteiger partial charge in [0.05, 0.1) is 19.8 Å². The molecule has 0 atom stereocenters. The lowest BCUT2D eigenvalue weighted by molar-refractivity contribution is -0.139. The monoisotopic (exact) mass is 384 g/mol. The highest BCUT2D eigenvalue weighted by atomic mass is 16.5. The standard InChI is InChI=1S/C9H16O2.2C6H10O2/c1-4-5-6-7-11-9(10)8(2)3;2*1-4-8-6(7)5(2)3/h2,4-7H2,1,3H3;2*2,4H2,1,3H3. The molecule has 0 saturated carbocycles. The molecule has 6 nitrogen and oxygen atoms in total. The summed E-state index contributed by atoms with van der Waals surface area (Å²) in [6.07, 6.45) is 3.21. The Hall–Kier alpha value is -2.37. The second-order valence-corrected chi connectivity index (χ2v) is 5.62. The maximum Gasteiger partial charge on any atom is 0.333 e. The molecule has 0 aliphatic rings. The zero-order valence-electron chi connectivity index (χ0n) is 17.8. The van der Waals surface area contributed by atoms with Gasteiger partial charge in [0.1, 0.15) is 0 Å². The third-order valence-corrected chi connectivity index (χ3v) is 2.58. The van der Waals surface area contributed by atoms with Crippen molar-refractivity contribution in [3.8, 4) is 0 Å². The molecule has 0 saturated heterocycles. The van der Waals surface area contributed by atoms with Crippen LogP contribution in [0, 0.1) is 0 Å². The van der Waals surface area contributed by atoms with Crippen LogP contribution >= 0.6 is 0 Å². The van der Waals surface area contributed by atoms with Gasteiger partial charge in [-0.15, -0.1) is 0 Å². The van der Waals surface area contributed by atoms with E-state index in [0.717, 1.165) is 19.3 Å². The summed E-state index contributed by atoms with van der Waals surface area (Å²) in [6.45, 7) is 22.2. The van der Waals surface area contributed by atoms with E-state index in [9.17, 15) is 14.4 Å². The van der Waals surface area contributed by atoms with Crippen LogP contribution in [0.25, 0.3) is 0 Å². The number of hydrogen-bond acceptors (Lipinski definition) is 6. The van der Waals surface area contributed by atoms with Gasteiger partial charge in [-0.3, -0.25) is 0 Å². The number of unbranched alkanes of at least 4 members (excludes halogenated alkanes) is 2. The van der Waals surface area contributed by atoms with Gasteiger partial charge < -0.3 is 14.2 Å². The van der Waals surface area contributed by atoms with E-state index in [1.165, 1.54) is 0 Å². The van der Waals surface area contributed by atoms with E-state index in [1.54, 1.807) is 34.6 Å². The summed E-state index contributed by atoms with van der Waals surface area (Å²) in [5.74, 6) is -0.902. The van der Waals surface area contributed by atoms with Crippen LogP contribution in [-0.4, -0.2) is 37.7 Å². The van der Waals surface area contributed by atoms with E-state index < -0.39 is 0 Å². The van der Waals surface area contributed by atoms with Crippen molar-refractivity contribution < 1.29 is 28.6 Å². The molecule has 0 heterocycles. The molecular formula is C21H36O6. The highest BCUT2D eigenvalue weighted by Gasteiger charge is 2.01. The molecule has 6 heteroatoms. The first-order chi connectivity index (χ1) is 12.5. The topological polar surface area (TPSA) is 78.9 Å². The van der Waals surface area contributed by atoms with Gasteiger partial charge in [0, 0.05) is 16.7 Å². The fourth-order valence-electron chi connectivity index (χ4n) is 1.15. The molecule has 0 radical (unpaired) electrons. The van der Waals surface area contributed by atoms with Crippen molar-refractivity contribution in [2.75, 3.05) is 19.8 Å². The predicted octanol–water partition coefficient (Wildman–Crippen LogP) is 4.55. The molecule has 0 aromatic carbocycles. The van der Waals surface area contributed by atoms with Crippen LogP contribution in [0.3, 0.4) is 0 Å². The van der Waals surface area contributed by atoms with Gasteiger partial charge in [-0.25, -0.2) is 14.4 Å². The van der Waals surface area contributed by atoms with Crippen molar-refractivity contribution in [1.82, 2.24) is 0 Å². The number of carbonyl (C=O) groups excluding carboxylic acids is 3. The number of hydrogen-bond donors (Lipinski definition) is 0. The van der Waals surface area contributed by atoms with Gasteiger partial charge in [0.15, 0.2) is 0 Å². The molecule has 0 rings (SSSR count). The van der Waals surface area contributed by atoms with Gasteiger partial charge >= 0.3 is 17.9 Å². The molecule has 0 aliphatic carbocycles. The number of esters is 3.